The van der Waals surface area contributed by atoms with E-state index in [0.717, 1.165) is 0 Å². The number of aliphatic hydroxyl groups is 1. The largest absolute Gasteiger partial charge is 0.494 e. The summed E-state index contributed by atoms with van der Waals surface area (Å²) in [6.07, 6.45) is 1.97. The van der Waals surface area contributed by atoms with Gasteiger partial charge < -0.3 is 19.9 Å². The van der Waals surface area contributed by atoms with Crippen molar-refractivity contribution in [2.24, 2.45) is 0 Å². The summed E-state index contributed by atoms with van der Waals surface area (Å²) >= 11 is 0. The number of aliphatic hydroxyl groups excluding tert-OH is 1. The van der Waals surface area contributed by atoms with Gasteiger partial charge >= 0.3 is 0 Å². The molecular weight excluding hydrogens is 186 g/mol. The molecule has 0 unspecified atom stereocenters. The Morgan fingerprint density at radius 3 is 3.00 bits per heavy atom. The Morgan fingerprint density at radius 1 is 1.71 bits per heavy atom. The molecule has 1 aliphatic rings. The van der Waals surface area contributed by atoms with Gasteiger partial charge in [-0.3, -0.25) is 4.79 Å². The summed E-state index contributed by atoms with van der Waals surface area (Å²) in [6, 6.07) is -0.228. The van der Waals surface area contributed by atoms with Crippen LogP contribution >= 0.6 is 0 Å². The van der Waals surface area contributed by atoms with Crippen molar-refractivity contribution >= 4 is 5.91 Å². The lowest BCUT2D eigenvalue weighted by atomic mass is 10.2. The highest BCUT2D eigenvalue weighted by atomic mass is 16.6. The Labute approximate surface area is 82.7 Å². The highest BCUT2D eigenvalue weighted by molar-refractivity contribution is 5.91. The fourth-order valence-electron chi connectivity index (χ4n) is 1.02. The van der Waals surface area contributed by atoms with E-state index in [9.17, 15) is 4.79 Å². The average molecular weight is 201 g/mol. The van der Waals surface area contributed by atoms with Crippen LogP contribution in [0.4, 0.5) is 0 Å². The van der Waals surface area contributed by atoms with E-state index in [-0.39, 0.29) is 24.3 Å². The van der Waals surface area contributed by atoms with Crippen LogP contribution < -0.4 is 5.32 Å². The zero-order valence-electron chi connectivity index (χ0n) is 8.16. The van der Waals surface area contributed by atoms with Crippen molar-refractivity contribution in [2.45, 2.75) is 19.4 Å². The summed E-state index contributed by atoms with van der Waals surface area (Å²) in [4.78, 5) is 11.4. The van der Waals surface area contributed by atoms with Crippen molar-refractivity contribution in [3.63, 3.8) is 0 Å². The summed E-state index contributed by atoms with van der Waals surface area (Å²) in [7, 11) is 0. The number of ether oxygens (including phenoxy) is 2. The number of hydrogen-bond donors (Lipinski definition) is 2. The van der Waals surface area contributed by atoms with Crippen molar-refractivity contribution in [3.8, 4) is 0 Å². The van der Waals surface area contributed by atoms with E-state index < -0.39 is 0 Å². The number of amides is 1. The topological polar surface area (TPSA) is 67.8 Å². The monoisotopic (exact) mass is 201 g/mol. The number of nitrogens with one attached hydrogen (secondary N) is 1. The van der Waals surface area contributed by atoms with Crippen LogP contribution in [0.2, 0.25) is 0 Å². The lowest BCUT2D eigenvalue weighted by Crippen LogP contribution is -2.38. The smallest absolute Gasteiger partial charge is 0.289 e. The first kappa shape index (κ1) is 10.8. The lowest BCUT2D eigenvalue weighted by molar-refractivity contribution is -0.123. The first-order chi connectivity index (χ1) is 6.77. The molecule has 1 heterocycles. The molecule has 1 rings (SSSR count). The van der Waals surface area contributed by atoms with Gasteiger partial charge in [-0.15, -0.1) is 0 Å². The highest BCUT2D eigenvalue weighted by Gasteiger charge is 2.17. The number of rotatable bonds is 4. The van der Waals surface area contributed by atoms with E-state index in [4.69, 9.17) is 14.6 Å². The first-order valence-corrected chi connectivity index (χ1v) is 4.64. The first-order valence-electron chi connectivity index (χ1n) is 4.64. The van der Waals surface area contributed by atoms with Crippen molar-refractivity contribution in [1.29, 1.82) is 0 Å². The molecule has 1 aliphatic heterocycles. The molecule has 0 aliphatic carbocycles. The molecule has 0 fully saturated rings. The van der Waals surface area contributed by atoms with Crippen LogP contribution in [-0.4, -0.2) is 36.9 Å². The van der Waals surface area contributed by atoms with E-state index in [0.29, 0.717) is 19.6 Å². The van der Waals surface area contributed by atoms with Gasteiger partial charge in [0, 0.05) is 0 Å². The molecule has 2 N–H and O–H groups in total. The normalized spacial score (nSPS) is 17.4. The summed E-state index contributed by atoms with van der Waals surface area (Å²) in [5, 5.41) is 11.5. The third-order valence-corrected chi connectivity index (χ3v) is 1.92. The third kappa shape index (κ3) is 2.92. The minimum Gasteiger partial charge on any atom is -0.494 e. The molecular formula is C9H15NO4. The molecule has 0 saturated carbocycles. The van der Waals surface area contributed by atoms with Crippen molar-refractivity contribution < 1.29 is 19.4 Å². The summed E-state index contributed by atoms with van der Waals surface area (Å²) in [5.41, 5.74) is 0. The molecule has 5 nitrogen and oxygen atoms in total. The molecule has 5 heteroatoms. The zero-order valence-corrected chi connectivity index (χ0v) is 8.16. The fraction of sp³-hybridized carbons (Fsp3) is 0.667. The average Bonchev–Trinajstić information content (AvgIpc) is 2.26. The van der Waals surface area contributed by atoms with Crippen LogP contribution in [0.5, 0.6) is 0 Å². The molecule has 14 heavy (non-hydrogen) atoms. The molecule has 0 radical (unpaired) electrons. The highest BCUT2D eigenvalue weighted by Crippen LogP contribution is 2.04. The molecule has 0 saturated heterocycles. The van der Waals surface area contributed by atoms with Gasteiger partial charge in [0.25, 0.3) is 5.91 Å². The van der Waals surface area contributed by atoms with Gasteiger partial charge in [-0.1, -0.05) is 6.92 Å². The van der Waals surface area contributed by atoms with Gasteiger partial charge in [-0.2, -0.15) is 0 Å². The van der Waals surface area contributed by atoms with Crippen molar-refractivity contribution in [1.82, 2.24) is 5.32 Å². The molecule has 1 atom stereocenters. The maximum Gasteiger partial charge on any atom is 0.289 e. The molecule has 0 bridgehead atoms. The van der Waals surface area contributed by atoms with Crippen LogP contribution in [0, 0.1) is 0 Å². The Morgan fingerprint density at radius 2 is 2.50 bits per heavy atom. The van der Waals surface area contributed by atoms with E-state index in [1.165, 1.54) is 6.26 Å². The van der Waals surface area contributed by atoms with Gasteiger partial charge in [0.05, 0.1) is 12.6 Å². The predicted molar refractivity (Wildman–Crippen MR) is 49.3 cm³/mol. The quantitative estimate of drug-likeness (QED) is 0.659. The summed E-state index contributed by atoms with van der Waals surface area (Å²) in [6.45, 7) is 2.66. The van der Waals surface area contributed by atoms with Crippen LogP contribution in [0.1, 0.15) is 13.3 Å². The molecule has 0 aromatic carbocycles. The van der Waals surface area contributed by atoms with Crippen LogP contribution in [0.15, 0.2) is 12.0 Å². The zero-order chi connectivity index (χ0) is 10.4. The van der Waals surface area contributed by atoms with E-state index in [1.807, 2.05) is 6.92 Å². The minimum atomic E-state index is -0.342. The molecule has 0 aromatic heterocycles. The number of hydrogen-bond acceptors (Lipinski definition) is 4. The summed E-state index contributed by atoms with van der Waals surface area (Å²) in [5.74, 6) is -0.172. The molecule has 80 valence electrons. The van der Waals surface area contributed by atoms with Crippen LogP contribution in [0.25, 0.3) is 0 Å². The maximum absolute atomic E-state index is 11.4. The lowest BCUT2D eigenvalue weighted by Gasteiger charge is -2.18. The van der Waals surface area contributed by atoms with Crippen LogP contribution in [0.3, 0.4) is 0 Å². The molecule has 1 amide bonds. The van der Waals surface area contributed by atoms with Crippen LogP contribution in [-0.2, 0) is 14.3 Å². The second-order valence-corrected chi connectivity index (χ2v) is 2.96. The van der Waals surface area contributed by atoms with E-state index >= 15 is 0 Å². The van der Waals surface area contributed by atoms with Crippen molar-refractivity contribution in [3.05, 3.63) is 12.0 Å². The predicted octanol–water partition coefficient (Wildman–Crippen LogP) is -0.238. The second kappa shape index (κ2) is 5.49. The van der Waals surface area contributed by atoms with Gasteiger partial charge in [-0.25, -0.2) is 0 Å². The molecule has 0 aromatic rings. The minimum absolute atomic E-state index is 0.0730. The van der Waals surface area contributed by atoms with Gasteiger partial charge in [-0.05, 0) is 6.42 Å². The van der Waals surface area contributed by atoms with Gasteiger partial charge in [0.1, 0.15) is 19.5 Å². The fourth-order valence-corrected chi connectivity index (χ4v) is 1.02. The number of carbonyl (C=O) groups excluding carboxylic acids is 1. The second-order valence-electron chi connectivity index (χ2n) is 2.96. The Hall–Kier alpha value is -1.23. The van der Waals surface area contributed by atoms with Gasteiger partial charge in [0.2, 0.25) is 5.76 Å². The standard InChI is InChI=1S/C9H15NO4/c1-2-7(5-11)10-9(12)8-6-13-3-4-14-8/h6-7,11H,2-5H2,1H3,(H,10,12)/t7-/m1/s1. The molecule has 0 spiro atoms. The SMILES string of the molecule is CC[C@H](CO)NC(=O)C1=COCCO1. The number of carbonyl (C=O) groups is 1. The Balaban J connectivity index is 2.44. The Kier molecular flexibility index (Phi) is 4.25. The van der Waals surface area contributed by atoms with Gasteiger partial charge in [0.15, 0.2) is 0 Å². The van der Waals surface area contributed by atoms with E-state index in [1.54, 1.807) is 0 Å². The third-order valence-electron chi connectivity index (χ3n) is 1.92. The van der Waals surface area contributed by atoms with E-state index in [2.05, 4.69) is 5.32 Å². The van der Waals surface area contributed by atoms with Crippen molar-refractivity contribution in [2.75, 3.05) is 19.8 Å². The maximum atomic E-state index is 11.4. The summed E-state index contributed by atoms with van der Waals surface area (Å²) < 4.78 is 10.0. The Bertz CT molecular complexity index is 223.